The second-order valence-electron chi connectivity index (χ2n) is 5.96. The molecule has 0 aliphatic rings. The number of anilines is 1. The number of nitro groups is 1. The summed E-state index contributed by atoms with van der Waals surface area (Å²) in [6.07, 6.45) is 4.32. The Morgan fingerprint density at radius 2 is 1.81 bits per heavy atom. The Kier molecular flexibility index (Phi) is 4.44. The molecule has 4 rings (SSSR count). The minimum absolute atomic E-state index is 0.0394. The van der Waals surface area contributed by atoms with E-state index in [-0.39, 0.29) is 5.69 Å². The van der Waals surface area contributed by atoms with E-state index in [4.69, 9.17) is 0 Å². The highest BCUT2D eigenvalue weighted by Gasteiger charge is 2.13. The maximum atomic E-state index is 10.8. The van der Waals surface area contributed by atoms with E-state index in [9.17, 15) is 10.1 Å². The molecule has 8 heteroatoms. The normalized spacial score (nSPS) is 10.8. The molecular weight excluding hydrogens is 344 g/mol. The van der Waals surface area contributed by atoms with Gasteiger partial charge in [-0.15, -0.1) is 10.2 Å². The molecule has 0 amide bonds. The molecule has 0 atom stereocenters. The summed E-state index contributed by atoms with van der Waals surface area (Å²) in [5.74, 6) is 1.25. The minimum Gasteiger partial charge on any atom is -0.367 e. The summed E-state index contributed by atoms with van der Waals surface area (Å²) in [4.78, 5) is 14.7. The van der Waals surface area contributed by atoms with Crippen LogP contribution in [0.3, 0.4) is 0 Å². The SMILES string of the molecule is O=[N+]([O-])c1ccc(-c2nnc3c(NCCc4ccccc4)nccn23)cc1. The first-order valence-electron chi connectivity index (χ1n) is 8.45. The largest absolute Gasteiger partial charge is 0.367 e. The van der Waals surface area contributed by atoms with Gasteiger partial charge in [-0.3, -0.25) is 14.5 Å². The van der Waals surface area contributed by atoms with Crippen molar-refractivity contribution in [1.29, 1.82) is 0 Å². The fraction of sp³-hybridized carbons (Fsp3) is 0.105. The van der Waals surface area contributed by atoms with Crippen LogP contribution < -0.4 is 5.32 Å². The molecule has 4 aromatic rings. The number of nitrogens with zero attached hydrogens (tertiary/aromatic N) is 5. The lowest BCUT2D eigenvalue weighted by molar-refractivity contribution is -0.384. The van der Waals surface area contributed by atoms with Crippen LogP contribution >= 0.6 is 0 Å². The minimum atomic E-state index is -0.426. The van der Waals surface area contributed by atoms with Crippen molar-refractivity contribution < 1.29 is 4.92 Å². The van der Waals surface area contributed by atoms with Gasteiger partial charge in [0.2, 0.25) is 5.65 Å². The van der Waals surface area contributed by atoms with Crippen LogP contribution in [0.1, 0.15) is 5.56 Å². The number of aromatic nitrogens is 4. The fourth-order valence-corrected chi connectivity index (χ4v) is 2.85. The van der Waals surface area contributed by atoms with Crippen LogP contribution in [0.15, 0.2) is 67.0 Å². The van der Waals surface area contributed by atoms with Crippen LogP contribution in [0.25, 0.3) is 17.0 Å². The zero-order valence-corrected chi connectivity index (χ0v) is 14.3. The van der Waals surface area contributed by atoms with Gasteiger partial charge in [0, 0.05) is 36.6 Å². The van der Waals surface area contributed by atoms with E-state index in [2.05, 4.69) is 32.6 Å². The van der Waals surface area contributed by atoms with E-state index >= 15 is 0 Å². The van der Waals surface area contributed by atoms with Gasteiger partial charge in [-0.2, -0.15) is 0 Å². The monoisotopic (exact) mass is 360 g/mol. The third-order valence-electron chi connectivity index (χ3n) is 4.21. The number of nitrogens with one attached hydrogen (secondary N) is 1. The average molecular weight is 360 g/mol. The molecule has 0 unspecified atom stereocenters. The second kappa shape index (κ2) is 7.20. The van der Waals surface area contributed by atoms with Crippen molar-refractivity contribution in [2.75, 3.05) is 11.9 Å². The van der Waals surface area contributed by atoms with E-state index in [1.807, 2.05) is 22.6 Å². The van der Waals surface area contributed by atoms with E-state index < -0.39 is 4.92 Å². The smallest absolute Gasteiger partial charge is 0.269 e. The van der Waals surface area contributed by atoms with Crippen molar-refractivity contribution in [2.24, 2.45) is 0 Å². The van der Waals surface area contributed by atoms with Crippen LogP contribution in [0.4, 0.5) is 11.5 Å². The first-order chi connectivity index (χ1) is 13.2. The number of hydrogen-bond acceptors (Lipinski definition) is 6. The molecule has 27 heavy (non-hydrogen) atoms. The second-order valence-corrected chi connectivity index (χ2v) is 5.96. The fourth-order valence-electron chi connectivity index (χ4n) is 2.85. The number of non-ortho nitro benzene ring substituents is 1. The van der Waals surface area contributed by atoms with Crippen LogP contribution in [-0.4, -0.2) is 31.1 Å². The van der Waals surface area contributed by atoms with Gasteiger partial charge in [-0.05, 0) is 24.1 Å². The Hall–Kier alpha value is -3.81. The number of rotatable bonds is 6. The van der Waals surface area contributed by atoms with E-state index in [1.165, 1.54) is 17.7 Å². The van der Waals surface area contributed by atoms with Crippen LogP contribution in [0.5, 0.6) is 0 Å². The molecule has 0 aliphatic heterocycles. The number of fused-ring (bicyclic) bond motifs is 1. The highest BCUT2D eigenvalue weighted by molar-refractivity contribution is 5.68. The summed E-state index contributed by atoms with van der Waals surface area (Å²) in [5.41, 5.74) is 2.64. The molecule has 0 spiro atoms. The average Bonchev–Trinajstić information content (AvgIpc) is 3.14. The highest BCUT2D eigenvalue weighted by Crippen LogP contribution is 2.23. The Morgan fingerprint density at radius 1 is 1.04 bits per heavy atom. The lowest BCUT2D eigenvalue weighted by Crippen LogP contribution is -2.08. The summed E-state index contributed by atoms with van der Waals surface area (Å²) in [7, 11) is 0. The van der Waals surface area contributed by atoms with Crippen molar-refractivity contribution in [3.05, 3.63) is 82.7 Å². The molecule has 0 radical (unpaired) electrons. The standard InChI is InChI=1S/C19H16N6O2/c26-25(27)16-8-6-15(7-9-16)18-22-23-19-17(21-12-13-24(18)19)20-11-10-14-4-2-1-3-5-14/h1-9,12-13H,10-11H2,(H,20,21). The molecule has 1 N–H and O–H groups in total. The van der Waals surface area contributed by atoms with Gasteiger partial charge in [-0.1, -0.05) is 30.3 Å². The van der Waals surface area contributed by atoms with Gasteiger partial charge in [0.05, 0.1) is 4.92 Å². The van der Waals surface area contributed by atoms with E-state index in [0.717, 1.165) is 18.5 Å². The Labute approximate surface area is 154 Å². The van der Waals surface area contributed by atoms with E-state index in [1.54, 1.807) is 24.5 Å². The zero-order chi connectivity index (χ0) is 18.6. The first-order valence-corrected chi connectivity index (χ1v) is 8.45. The highest BCUT2D eigenvalue weighted by atomic mass is 16.6. The van der Waals surface area contributed by atoms with Crippen molar-refractivity contribution in [3.63, 3.8) is 0 Å². The maximum Gasteiger partial charge on any atom is 0.269 e. The molecule has 8 nitrogen and oxygen atoms in total. The van der Waals surface area contributed by atoms with Gasteiger partial charge in [0.1, 0.15) is 0 Å². The first kappa shape index (κ1) is 16.6. The zero-order valence-electron chi connectivity index (χ0n) is 14.3. The molecular formula is C19H16N6O2. The van der Waals surface area contributed by atoms with Crippen molar-refractivity contribution >= 4 is 17.2 Å². The van der Waals surface area contributed by atoms with Crippen molar-refractivity contribution in [2.45, 2.75) is 6.42 Å². The number of nitro benzene ring substituents is 1. The lowest BCUT2D eigenvalue weighted by Gasteiger charge is -2.07. The van der Waals surface area contributed by atoms with Gasteiger partial charge in [0.25, 0.3) is 5.69 Å². The topological polar surface area (TPSA) is 98.2 Å². The number of benzene rings is 2. The molecule has 2 heterocycles. The van der Waals surface area contributed by atoms with Crippen LogP contribution in [0, 0.1) is 10.1 Å². The maximum absolute atomic E-state index is 10.8. The molecule has 0 saturated carbocycles. The van der Waals surface area contributed by atoms with E-state index in [0.29, 0.717) is 17.3 Å². The quantitative estimate of drug-likeness (QED) is 0.418. The molecule has 134 valence electrons. The predicted octanol–water partition coefficient (Wildman–Crippen LogP) is 3.35. The Bertz CT molecular complexity index is 1080. The van der Waals surface area contributed by atoms with Crippen LogP contribution in [-0.2, 0) is 6.42 Å². The summed E-state index contributed by atoms with van der Waals surface area (Å²) < 4.78 is 1.82. The number of hydrogen-bond donors (Lipinski definition) is 1. The molecule has 0 saturated heterocycles. The predicted molar refractivity (Wildman–Crippen MR) is 102 cm³/mol. The van der Waals surface area contributed by atoms with Crippen LogP contribution in [0.2, 0.25) is 0 Å². The van der Waals surface area contributed by atoms with Gasteiger partial charge in [0.15, 0.2) is 11.6 Å². The molecule has 2 aromatic carbocycles. The van der Waals surface area contributed by atoms with Crippen molar-refractivity contribution in [1.82, 2.24) is 19.6 Å². The summed E-state index contributed by atoms with van der Waals surface area (Å²) in [6.45, 7) is 0.719. The van der Waals surface area contributed by atoms with Crippen molar-refractivity contribution in [3.8, 4) is 11.4 Å². The Morgan fingerprint density at radius 3 is 2.56 bits per heavy atom. The van der Waals surface area contributed by atoms with Gasteiger partial charge >= 0.3 is 0 Å². The summed E-state index contributed by atoms with van der Waals surface area (Å²) >= 11 is 0. The molecule has 2 aromatic heterocycles. The lowest BCUT2D eigenvalue weighted by atomic mass is 10.1. The molecule has 0 fully saturated rings. The van der Waals surface area contributed by atoms with Gasteiger partial charge in [-0.25, -0.2) is 4.98 Å². The molecule has 0 aliphatic carbocycles. The third kappa shape index (κ3) is 3.45. The summed E-state index contributed by atoms with van der Waals surface area (Å²) in [5, 5.41) is 22.6. The summed E-state index contributed by atoms with van der Waals surface area (Å²) in [6, 6.07) is 16.4. The Balaban J connectivity index is 1.57. The third-order valence-corrected chi connectivity index (χ3v) is 4.21. The molecule has 0 bridgehead atoms. The van der Waals surface area contributed by atoms with Gasteiger partial charge < -0.3 is 5.32 Å².